The van der Waals surface area contributed by atoms with Crippen molar-refractivity contribution in [2.45, 2.75) is 58.0 Å². The summed E-state index contributed by atoms with van der Waals surface area (Å²) in [5, 5.41) is 15.7. The largest absolute Gasteiger partial charge is 0.481 e. The van der Waals surface area contributed by atoms with E-state index in [-0.39, 0.29) is 18.1 Å². The quantitative estimate of drug-likeness (QED) is 0.733. The van der Waals surface area contributed by atoms with Gasteiger partial charge in [-0.05, 0) is 52.6 Å². The lowest BCUT2D eigenvalue weighted by Crippen LogP contribution is -2.55. The second-order valence-corrected chi connectivity index (χ2v) is 6.38. The van der Waals surface area contributed by atoms with Crippen molar-refractivity contribution in [2.75, 3.05) is 19.6 Å². The van der Waals surface area contributed by atoms with Crippen LogP contribution in [-0.4, -0.2) is 53.7 Å². The highest BCUT2D eigenvalue weighted by Crippen LogP contribution is 2.38. The van der Waals surface area contributed by atoms with Gasteiger partial charge in [0.25, 0.3) is 0 Å². The van der Waals surface area contributed by atoms with E-state index in [4.69, 9.17) is 0 Å². The van der Waals surface area contributed by atoms with Crippen LogP contribution in [0, 0.1) is 5.41 Å². The zero-order valence-corrected chi connectivity index (χ0v) is 13.0. The number of piperidine rings is 1. The second kappa shape index (κ2) is 6.64. The maximum absolute atomic E-state index is 12.5. The lowest BCUT2D eigenvalue weighted by Gasteiger charge is -2.36. The van der Waals surface area contributed by atoms with Gasteiger partial charge in [0.2, 0.25) is 0 Å². The number of carbonyl (C=O) groups excluding carboxylic acids is 1. The Morgan fingerprint density at radius 2 is 2.00 bits per heavy atom. The normalized spacial score (nSPS) is 30.1. The van der Waals surface area contributed by atoms with Crippen molar-refractivity contribution >= 4 is 12.0 Å². The summed E-state index contributed by atoms with van der Waals surface area (Å²) in [5.41, 5.74) is -0.830. The number of nitrogens with one attached hydrogen (secondary N) is 2. The van der Waals surface area contributed by atoms with Crippen molar-refractivity contribution in [1.29, 1.82) is 0 Å². The number of aliphatic carboxylic acids is 1. The molecule has 21 heavy (non-hydrogen) atoms. The molecule has 2 atom stereocenters. The maximum Gasteiger partial charge on any atom is 0.317 e. The van der Waals surface area contributed by atoms with E-state index >= 15 is 0 Å². The lowest BCUT2D eigenvalue weighted by atomic mass is 9.85. The smallest absolute Gasteiger partial charge is 0.317 e. The molecule has 1 saturated carbocycles. The van der Waals surface area contributed by atoms with Crippen LogP contribution in [0.1, 0.15) is 46.0 Å². The summed E-state index contributed by atoms with van der Waals surface area (Å²) in [6.07, 6.45) is 4.16. The van der Waals surface area contributed by atoms with Crippen LogP contribution in [0.15, 0.2) is 0 Å². The van der Waals surface area contributed by atoms with E-state index in [9.17, 15) is 14.7 Å². The number of carbonyl (C=O) groups is 2. The summed E-state index contributed by atoms with van der Waals surface area (Å²) in [6.45, 7) is 6.25. The molecule has 0 aromatic rings. The first-order valence-corrected chi connectivity index (χ1v) is 8.00. The summed E-state index contributed by atoms with van der Waals surface area (Å²) in [7, 11) is 0. The molecule has 0 radical (unpaired) electrons. The third-order valence-corrected chi connectivity index (χ3v) is 5.10. The predicted octanol–water partition coefficient (Wildman–Crippen LogP) is 1.41. The van der Waals surface area contributed by atoms with Crippen molar-refractivity contribution < 1.29 is 14.7 Å². The molecule has 1 saturated heterocycles. The van der Waals surface area contributed by atoms with Gasteiger partial charge in [0.1, 0.15) is 0 Å². The van der Waals surface area contributed by atoms with E-state index in [1.165, 1.54) is 0 Å². The molecule has 1 aliphatic carbocycles. The summed E-state index contributed by atoms with van der Waals surface area (Å²) >= 11 is 0. The van der Waals surface area contributed by atoms with Crippen LogP contribution in [0.25, 0.3) is 0 Å². The fourth-order valence-corrected chi connectivity index (χ4v) is 3.57. The first kappa shape index (κ1) is 16.1. The van der Waals surface area contributed by atoms with Gasteiger partial charge >= 0.3 is 12.0 Å². The standard InChI is InChI=1S/C15H27N3O3/c1-3-18(11-6-9-16-10-7-11)14(21)17-12-5-4-8-15(12,2)13(19)20/h11-12,16H,3-10H2,1-2H3,(H,17,21)(H,19,20). The van der Waals surface area contributed by atoms with Gasteiger partial charge in [-0.15, -0.1) is 0 Å². The van der Waals surface area contributed by atoms with Crippen LogP contribution >= 0.6 is 0 Å². The molecule has 0 aromatic carbocycles. The molecule has 120 valence electrons. The maximum atomic E-state index is 12.5. The number of amides is 2. The topological polar surface area (TPSA) is 81.7 Å². The van der Waals surface area contributed by atoms with E-state index in [0.717, 1.165) is 38.8 Å². The number of hydrogen-bond donors (Lipinski definition) is 3. The lowest BCUT2D eigenvalue weighted by molar-refractivity contribution is -0.148. The van der Waals surface area contributed by atoms with Crippen molar-refractivity contribution in [1.82, 2.24) is 15.5 Å². The number of rotatable bonds is 4. The number of carboxylic acid groups (broad SMARTS) is 1. The molecule has 6 nitrogen and oxygen atoms in total. The van der Waals surface area contributed by atoms with E-state index in [2.05, 4.69) is 10.6 Å². The Balaban J connectivity index is 2.00. The molecule has 0 aromatic heterocycles. The van der Waals surface area contributed by atoms with Gasteiger partial charge in [0.15, 0.2) is 0 Å². The molecule has 3 N–H and O–H groups in total. The predicted molar refractivity (Wildman–Crippen MR) is 80.2 cm³/mol. The van der Waals surface area contributed by atoms with Gasteiger partial charge in [-0.25, -0.2) is 4.79 Å². The minimum Gasteiger partial charge on any atom is -0.481 e. The van der Waals surface area contributed by atoms with E-state index in [1.54, 1.807) is 6.92 Å². The molecular formula is C15H27N3O3. The number of carboxylic acids is 1. The first-order valence-electron chi connectivity index (χ1n) is 8.00. The van der Waals surface area contributed by atoms with Crippen molar-refractivity contribution in [2.24, 2.45) is 5.41 Å². The van der Waals surface area contributed by atoms with Crippen molar-refractivity contribution in [3.05, 3.63) is 0 Å². The van der Waals surface area contributed by atoms with E-state index < -0.39 is 11.4 Å². The monoisotopic (exact) mass is 297 g/mol. The Morgan fingerprint density at radius 3 is 2.57 bits per heavy atom. The van der Waals surface area contributed by atoms with Gasteiger partial charge < -0.3 is 20.6 Å². The average Bonchev–Trinajstić information content (AvgIpc) is 2.83. The molecule has 2 unspecified atom stereocenters. The molecular weight excluding hydrogens is 270 g/mol. The fraction of sp³-hybridized carbons (Fsp3) is 0.867. The van der Waals surface area contributed by atoms with Gasteiger partial charge in [-0.1, -0.05) is 6.42 Å². The number of hydrogen-bond acceptors (Lipinski definition) is 3. The molecule has 2 rings (SSSR count). The summed E-state index contributed by atoms with van der Waals surface area (Å²) in [4.78, 5) is 25.9. The Kier molecular flexibility index (Phi) is 5.08. The first-order chi connectivity index (χ1) is 9.99. The Morgan fingerprint density at radius 1 is 1.33 bits per heavy atom. The molecule has 2 fully saturated rings. The zero-order valence-electron chi connectivity index (χ0n) is 13.0. The van der Waals surface area contributed by atoms with Gasteiger partial charge in [0.05, 0.1) is 5.41 Å². The SMILES string of the molecule is CCN(C(=O)NC1CCCC1(C)C(=O)O)C1CCNCC1. The van der Waals surface area contributed by atoms with Crippen LogP contribution in [0.5, 0.6) is 0 Å². The zero-order chi connectivity index (χ0) is 15.5. The number of nitrogens with zero attached hydrogens (tertiary/aromatic N) is 1. The third-order valence-electron chi connectivity index (χ3n) is 5.10. The Labute approximate surface area is 126 Å². The minimum absolute atomic E-state index is 0.108. The molecule has 1 aliphatic heterocycles. The molecule has 2 aliphatic rings. The highest BCUT2D eigenvalue weighted by atomic mass is 16.4. The van der Waals surface area contributed by atoms with Gasteiger partial charge in [-0.2, -0.15) is 0 Å². The van der Waals surface area contributed by atoms with Crippen molar-refractivity contribution in [3.63, 3.8) is 0 Å². The van der Waals surface area contributed by atoms with E-state index in [0.29, 0.717) is 13.0 Å². The van der Waals surface area contributed by atoms with Gasteiger partial charge in [-0.3, -0.25) is 4.79 Å². The molecule has 0 bridgehead atoms. The van der Waals surface area contributed by atoms with Gasteiger partial charge in [0, 0.05) is 18.6 Å². The Bertz CT molecular complexity index is 396. The summed E-state index contributed by atoms with van der Waals surface area (Å²) < 4.78 is 0. The highest BCUT2D eigenvalue weighted by Gasteiger charge is 2.46. The van der Waals surface area contributed by atoms with Crippen molar-refractivity contribution in [3.8, 4) is 0 Å². The third kappa shape index (κ3) is 3.31. The van der Waals surface area contributed by atoms with Crippen LogP contribution in [-0.2, 0) is 4.79 Å². The Hall–Kier alpha value is -1.30. The van der Waals surface area contributed by atoms with Crippen LogP contribution in [0.2, 0.25) is 0 Å². The molecule has 1 heterocycles. The van der Waals surface area contributed by atoms with Crippen LogP contribution in [0.4, 0.5) is 4.79 Å². The van der Waals surface area contributed by atoms with Crippen LogP contribution < -0.4 is 10.6 Å². The summed E-state index contributed by atoms with van der Waals surface area (Å²) in [5.74, 6) is -0.810. The minimum atomic E-state index is -0.830. The molecule has 6 heteroatoms. The van der Waals surface area contributed by atoms with E-state index in [1.807, 2.05) is 11.8 Å². The second-order valence-electron chi connectivity index (χ2n) is 6.38. The molecule has 2 amide bonds. The highest BCUT2D eigenvalue weighted by molar-refractivity contribution is 5.79. The van der Waals surface area contributed by atoms with Crippen LogP contribution in [0.3, 0.4) is 0 Å². The number of urea groups is 1. The average molecular weight is 297 g/mol. The summed E-state index contributed by atoms with van der Waals surface area (Å²) in [6, 6.07) is -0.115. The fourth-order valence-electron chi connectivity index (χ4n) is 3.57. The molecule has 0 spiro atoms.